The van der Waals surface area contributed by atoms with E-state index in [9.17, 15) is 19.4 Å². The molecule has 0 spiro atoms. The Morgan fingerprint density at radius 3 is 1.20 bits per heavy atom. The van der Waals surface area contributed by atoms with Crippen molar-refractivity contribution in [2.24, 2.45) is 0 Å². The summed E-state index contributed by atoms with van der Waals surface area (Å²) in [5.41, 5.74) is 0. The van der Waals surface area contributed by atoms with E-state index >= 15 is 0 Å². The number of carbonyl (C=O) groups excluding carboxylic acids is 1. The third-order valence-electron chi connectivity index (χ3n) is 13.6. The number of phosphoric acid groups is 1. The first-order valence-electron chi connectivity index (χ1n) is 29.9. The molecule has 0 aliphatic carbocycles. The maximum atomic E-state index is 13.0. The second-order valence-corrected chi connectivity index (χ2v) is 23.2. The summed E-state index contributed by atoms with van der Waals surface area (Å²) in [5, 5.41) is 14.1. The maximum absolute atomic E-state index is 13.0. The second-order valence-electron chi connectivity index (χ2n) is 21.7. The SMILES string of the molecule is CCCCCCC/C=C\C/C=C\C/C=C\CCCCCCCCCCCCCCCCCCC(=O)NC(COP(=O)(O)OCC[N+](C)(C)C)C(O)CCCCCCCCCCCCCCCCCC. The van der Waals surface area contributed by atoms with Gasteiger partial charge in [-0.15, -0.1) is 0 Å². The Morgan fingerprint density at radius 2 is 0.826 bits per heavy atom. The molecular formula is C60H118N2O6P+. The number of phosphoric ester groups is 1. The number of allylic oxidation sites excluding steroid dienone is 6. The van der Waals surface area contributed by atoms with E-state index in [1.54, 1.807) is 0 Å². The van der Waals surface area contributed by atoms with Gasteiger partial charge in [0.15, 0.2) is 0 Å². The van der Waals surface area contributed by atoms with E-state index in [-0.39, 0.29) is 19.1 Å². The summed E-state index contributed by atoms with van der Waals surface area (Å²) in [7, 11) is 1.63. The number of rotatable bonds is 55. The molecule has 0 saturated carbocycles. The molecule has 3 unspecified atom stereocenters. The number of nitrogens with zero attached hydrogens (tertiary/aromatic N) is 1. The zero-order valence-corrected chi connectivity index (χ0v) is 47.5. The number of quaternary nitrogens is 1. The minimum atomic E-state index is -4.32. The molecule has 408 valence electrons. The van der Waals surface area contributed by atoms with Crippen LogP contribution in [-0.4, -0.2) is 73.4 Å². The van der Waals surface area contributed by atoms with Gasteiger partial charge in [0.2, 0.25) is 5.91 Å². The molecule has 0 fully saturated rings. The predicted octanol–water partition coefficient (Wildman–Crippen LogP) is 18.2. The summed E-state index contributed by atoms with van der Waals surface area (Å²) in [6.45, 7) is 4.91. The fourth-order valence-electron chi connectivity index (χ4n) is 8.94. The lowest BCUT2D eigenvalue weighted by molar-refractivity contribution is -0.870. The first-order chi connectivity index (χ1) is 33.5. The minimum Gasteiger partial charge on any atom is -0.391 e. The largest absolute Gasteiger partial charge is 0.472 e. The highest BCUT2D eigenvalue weighted by Gasteiger charge is 2.28. The van der Waals surface area contributed by atoms with Crippen molar-refractivity contribution < 1.29 is 32.9 Å². The highest BCUT2D eigenvalue weighted by molar-refractivity contribution is 7.47. The van der Waals surface area contributed by atoms with E-state index in [1.807, 2.05) is 21.1 Å². The van der Waals surface area contributed by atoms with Crippen molar-refractivity contribution >= 4 is 13.7 Å². The highest BCUT2D eigenvalue weighted by atomic mass is 31.2. The predicted molar refractivity (Wildman–Crippen MR) is 300 cm³/mol. The fourth-order valence-corrected chi connectivity index (χ4v) is 9.67. The van der Waals surface area contributed by atoms with Crippen molar-refractivity contribution in [3.63, 3.8) is 0 Å². The number of aliphatic hydroxyl groups excluding tert-OH is 1. The highest BCUT2D eigenvalue weighted by Crippen LogP contribution is 2.43. The number of nitrogens with one attached hydrogen (secondary N) is 1. The molecule has 0 saturated heterocycles. The first-order valence-corrected chi connectivity index (χ1v) is 31.3. The second kappa shape index (κ2) is 51.6. The van der Waals surface area contributed by atoms with E-state index in [4.69, 9.17) is 9.05 Å². The standard InChI is InChI=1S/C60H117N2O6P/c1-6-8-10-12-14-16-18-20-22-24-25-26-27-28-29-30-31-32-33-34-35-36-37-38-40-42-44-46-48-50-52-54-60(64)61-58(57-68-69(65,66)67-56-55-62(3,4)5)59(63)53-51-49-47-45-43-41-39-23-21-19-17-15-13-11-9-7-2/h18,20,24-25,27-28,58-59,63H,6-17,19,21-23,26,29-57H2,1-5H3,(H-,61,64,65,66)/p+1/b20-18-,25-24-,28-27-. The lowest BCUT2D eigenvalue weighted by Gasteiger charge is -2.26. The quantitative estimate of drug-likeness (QED) is 0.0243. The van der Waals surface area contributed by atoms with Gasteiger partial charge >= 0.3 is 7.82 Å². The molecule has 0 heterocycles. The number of carbonyl (C=O) groups is 1. The van der Waals surface area contributed by atoms with E-state index in [0.717, 1.165) is 51.4 Å². The van der Waals surface area contributed by atoms with Crippen LogP contribution >= 0.6 is 7.82 Å². The van der Waals surface area contributed by atoms with Gasteiger partial charge in [-0.05, 0) is 51.4 Å². The van der Waals surface area contributed by atoms with Crippen molar-refractivity contribution in [3.05, 3.63) is 36.5 Å². The number of aliphatic hydroxyl groups is 1. The molecule has 9 heteroatoms. The molecule has 1 amide bonds. The molecule has 0 aromatic heterocycles. The first kappa shape index (κ1) is 67.7. The molecular weight excluding hydrogens is 876 g/mol. The monoisotopic (exact) mass is 994 g/mol. The lowest BCUT2D eigenvalue weighted by atomic mass is 10.0. The van der Waals surface area contributed by atoms with E-state index in [2.05, 4.69) is 55.6 Å². The van der Waals surface area contributed by atoms with Crippen LogP contribution in [0.2, 0.25) is 0 Å². The van der Waals surface area contributed by atoms with Crippen LogP contribution in [0.5, 0.6) is 0 Å². The Labute approximate surface area is 429 Å². The molecule has 69 heavy (non-hydrogen) atoms. The summed E-state index contributed by atoms with van der Waals surface area (Å²) < 4.78 is 23.8. The zero-order chi connectivity index (χ0) is 50.6. The zero-order valence-electron chi connectivity index (χ0n) is 46.6. The molecule has 0 bridgehead atoms. The van der Waals surface area contributed by atoms with Gasteiger partial charge in [0, 0.05) is 6.42 Å². The average Bonchev–Trinajstić information content (AvgIpc) is 3.31. The number of hydrogen-bond acceptors (Lipinski definition) is 5. The Morgan fingerprint density at radius 1 is 0.493 bits per heavy atom. The van der Waals surface area contributed by atoms with Gasteiger partial charge in [0.25, 0.3) is 0 Å². The third-order valence-corrected chi connectivity index (χ3v) is 14.6. The summed E-state index contributed by atoms with van der Waals surface area (Å²) in [6.07, 6.45) is 66.3. The van der Waals surface area contributed by atoms with Crippen LogP contribution in [0.3, 0.4) is 0 Å². The normalized spacial score (nSPS) is 14.1. The molecule has 8 nitrogen and oxygen atoms in total. The van der Waals surface area contributed by atoms with Crippen molar-refractivity contribution in [1.82, 2.24) is 5.32 Å². The van der Waals surface area contributed by atoms with Crippen molar-refractivity contribution in [2.75, 3.05) is 40.9 Å². The van der Waals surface area contributed by atoms with Crippen LogP contribution < -0.4 is 5.32 Å². The molecule has 0 rings (SSSR count). The smallest absolute Gasteiger partial charge is 0.391 e. The van der Waals surface area contributed by atoms with E-state index in [1.165, 1.54) is 212 Å². The molecule has 0 aliphatic heterocycles. The van der Waals surface area contributed by atoms with Crippen LogP contribution in [0, 0.1) is 0 Å². The maximum Gasteiger partial charge on any atom is 0.472 e. The van der Waals surface area contributed by atoms with Crippen LogP contribution in [0.4, 0.5) is 0 Å². The number of likely N-dealkylation sites (N-methyl/N-ethyl adjacent to an activating group) is 1. The van der Waals surface area contributed by atoms with Gasteiger partial charge in [-0.2, -0.15) is 0 Å². The number of hydrogen-bond donors (Lipinski definition) is 3. The molecule has 0 aromatic rings. The van der Waals surface area contributed by atoms with Crippen molar-refractivity contribution in [2.45, 2.75) is 302 Å². The Balaban J connectivity index is 4.05. The molecule has 0 aliphatic rings. The molecule has 0 radical (unpaired) electrons. The van der Waals surface area contributed by atoms with Crippen molar-refractivity contribution in [3.8, 4) is 0 Å². The van der Waals surface area contributed by atoms with Crippen LogP contribution in [0.1, 0.15) is 290 Å². The van der Waals surface area contributed by atoms with E-state index < -0.39 is 20.0 Å². The van der Waals surface area contributed by atoms with Gasteiger partial charge in [-0.25, -0.2) is 4.57 Å². The third kappa shape index (κ3) is 54.3. The Hall–Kier alpha value is -1.28. The molecule has 3 N–H and O–H groups in total. The summed E-state index contributed by atoms with van der Waals surface area (Å²) in [6, 6.07) is -0.760. The Kier molecular flexibility index (Phi) is 50.7. The van der Waals surface area contributed by atoms with Gasteiger partial charge in [0.1, 0.15) is 13.2 Å². The lowest BCUT2D eigenvalue weighted by Crippen LogP contribution is -2.46. The number of unbranched alkanes of at least 4 members (excludes halogenated alkanes) is 36. The number of amides is 1. The summed E-state index contributed by atoms with van der Waals surface area (Å²) in [5.74, 6) is -0.141. The van der Waals surface area contributed by atoms with Gasteiger partial charge < -0.3 is 19.8 Å². The average molecular weight is 995 g/mol. The fraction of sp³-hybridized carbons (Fsp3) is 0.883. The topological polar surface area (TPSA) is 105 Å². The van der Waals surface area contributed by atoms with Gasteiger partial charge in [0.05, 0.1) is 39.9 Å². The summed E-state index contributed by atoms with van der Waals surface area (Å²) in [4.78, 5) is 23.3. The summed E-state index contributed by atoms with van der Waals surface area (Å²) >= 11 is 0. The van der Waals surface area contributed by atoms with Gasteiger partial charge in [-0.1, -0.05) is 269 Å². The van der Waals surface area contributed by atoms with Crippen LogP contribution in [0.25, 0.3) is 0 Å². The van der Waals surface area contributed by atoms with E-state index in [0.29, 0.717) is 23.9 Å². The van der Waals surface area contributed by atoms with Gasteiger partial charge in [-0.3, -0.25) is 13.8 Å². The Bertz CT molecular complexity index is 1220. The van der Waals surface area contributed by atoms with Crippen LogP contribution in [-0.2, 0) is 18.4 Å². The minimum absolute atomic E-state index is 0.0758. The molecule has 3 atom stereocenters. The van der Waals surface area contributed by atoms with Crippen molar-refractivity contribution in [1.29, 1.82) is 0 Å². The van der Waals surface area contributed by atoms with Crippen LogP contribution in [0.15, 0.2) is 36.5 Å². The molecule has 0 aromatic carbocycles.